The smallest absolute Gasteiger partial charge is 0.257 e. The number of methoxy groups -OCH3 is 1. The highest BCUT2D eigenvalue weighted by Crippen LogP contribution is 2.33. The number of likely N-dealkylation sites (tertiary alicyclic amines) is 2. The molecule has 1 aromatic rings. The van der Waals surface area contributed by atoms with Gasteiger partial charge in [0.15, 0.2) is 0 Å². The van der Waals surface area contributed by atoms with Crippen LogP contribution in [0, 0.1) is 11.7 Å². The molecule has 3 rings (SSSR count). The molecule has 0 spiro atoms. The first-order valence-electron chi connectivity index (χ1n) is 7.96. The number of rotatable bonds is 3. The van der Waals surface area contributed by atoms with Crippen LogP contribution in [0.25, 0.3) is 0 Å². The molecule has 0 unspecified atom stereocenters. The lowest BCUT2D eigenvalue weighted by Crippen LogP contribution is -2.53. The summed E-state index contributed by atoms with van der Waals surface area (Å²) in [5.74, 6) is -0.321. The maximum absolute atomic E-state index is 13.9. The minimum atomic E-state index is -0.441. The molecular weight excluding hydrogens is 283 g/mol. The van der Waals surface area contributed by atoms with Crippen LogP contribution in [0.15, 0.2) is 24.3 Å². The van der Waals surface area contributed by atoms with Gasteiger partial charge in [-0.2, -0.15) is 0 Å². The molecule has 0 aliphatic carbocycles. The number of halogens is 1. The van der Waals surface area contributed by atoms with Gasteiger partial charge in [-0.1, -0.05) is 19.1 Å². The summed E-state index contributed by atoms with van der Waals surface area (Å²) >= 11 is 0. The van der Waals surface area contributed by atoms with Gasteiger partial charge in [0.05, 0.1) is 17.7 Å². The first-order chi connectivity index (χ1) is 10.7. The molecule has 0 radical (unpaired) electrons. The summed E-state index contributed by atoms with van der Waals surface area (Å²) in [6.45, 7) is 5.51. The number of fused-ring (bicyclic) bond motifs is 1. The van der Waals surface area contributed by atoms with Crippen molar-refractivity contribution in [1.29, 1.82) is 0 Å². The standard InChI is InChI=1S/C17H23FN2O2/c1-3-19-10-13-15(11-19)20(9-8-16(13)22-2)17(21)12-6-4-5-7-14(12)18/h4-7,13,15-16H,3,8-11H2,1-2H3/t13-,15+,16+/m0/s1. The molecule has 22 heavy (non-hydrogen) atoms. The van der Waals surface area contributed by atoms with Crippen molar-refractivity contribution in [2.45, 2.75) is 25.5 Å². The van der Waals surface area contributed by atoms with Crippen LogP contribution in [0.3, 0.4) is 0 Å². The number of amides is 1. The molecule has 2 saturated heterocycles. The average Bonchev–Trinajstić information content (AvgIpc) is 2.98. The molecule has 0 aromatic heterocycles. The topological polar surface area (TPSA) is 32.8 Å². The predicted molar refractivity (Wildman–Crippen MR) is 82.2 cm³/mol. The molecule has 0 N–H and O–H groups in total. The van der Waals surface area contributed by atoms with Gasteiger partial charge >= 0.3 is 0 Å². The highest BCUT2D eigenvalue weighted by atomic mass is 19.1. The Morgan fingerprint density at radius 3 is 2.82 bits per heavy atom. The molecule has 0 bridgehead atoms. The lowest BCUT2D eigenvalue weighted by molar-refractivity contribution is -0.0157. The zero-order valence-corrected chi connectivity index (χ0v) is 13.2. The Bertz CT molecular complexity index is 551. The first-order valence-corrected chi connectivity index (χ1v) is 7.96. The van der Waals surface area contributed by atoms with E-state index in [1.54, 1.807) is 25.3 Å². The highest BCUT2D eigenvalue weighted by molar-refractivity contribution is 5.94. The third kappa shape index (κ3) is 2.63. The van der Waals surface area contributed by atoms with E-state index in [4.69, 9.17) is 4.74 Å². The third-order valence-electron chi connectivity index (χ3n) is 5.06. The van der Waals surface area contributed by atoms with Gasteiger partial charge in [-0.05, 0) is 25.1 Å². The van der Waals surface area contributed by atoms with Crippen LogP contribution in [0.1, 0.15) is 23.7 Å². The van der Waals surface area contributed by atoms with Gasteiger partial charge in [0.1, 0.15) is 5.82 Å². The third-order valence-corrected chi connectivity index (χ3v) is 5.06. The van der Waals surface area contributed by atoms with Crippen molar-refractivity contribution in [2.24, 2.45) is 5.92 Å². The molecule has 2 aliphatic rings. The van der Waals surface area contributed by atoms with Gasteiger partial charge in [-0.15, -0.1) is 0 Å². The van der Waals surface area contributed by atoms with Crippen LogP contribution in [-0.4, -0.2) is 61.1 Å². The van der Waals surface area contributed by atoms with Gasteiger partial charge < -0.3 is 14.5 Å². The van der Waals surface area contributed by atoms with Crippen molar-refractivity contribution in [3.63, 3.8) is 0 Å². The molecule has 3 atom stereocenters. The van der Waals surface area contributed by atoms with Crippen LogP contribution >= 0.6 is 0 Å². The second kappa shape index (κ2) is 6.34. The van der Waals surface area contributed by atoms with Gasteiger partial charge in [0.25, 0.3) is 5.91 Å². The molecule has 1 amide bonds. The largest absolute Gasteiger partial charge is 0.381 e. The zero-order chi connectivity index (χ0) is 15.7. The minimum absolute atomic E-state index is 0.116. The number of benzene rings is 1. The maximum Gasteiger partial charge on any atom is 0.257 e. The van der Waals surface area contributed by atoms with Gasteiger partial charge in [-0.25, -0.2) is 4.39 Å². The number of ether oxygens (including phenoxy) is 1. The van der Waals surface area contributed by atoms with Crippen molar-refractivity contribution < 1.29 is 13.9 Å². The van der Waals surface area contributed by atoms with E-state index in [-0.39, 0.29) is 23.6 Å². The fourth-order valence-electron chi connectivity index (χ4n) is 3.83. The SMILES string of the molecule is CCN1C[C@H]2[C@@H](C1)N(C(=O)c1ccccc1F)CC[C@H]2OC. The lowest BCUT2D eigenvalue weighted by Gasteiger charge is -2.41. The second-order valence-electron chi connectivity index (χ2n) is 6.12. The van der Waals surface area contributed by atoms with Crippen LogP contribution in [0.5, 0.6) is 0 Å². The van der Waals surface area contributed by atoms with E-state index < -0.39 is 5.82 Å². The second-order valence-corrected chi connectivity index (χ2v) is 6.12. The molecule has 5 heteroatoms. The minimum Gasteiger partial charge on any atom is -0.381 e. The summed E-state index contributed by atoms with van der Waals surface area (Å²) < 4.78 is 19.6. The lowest BCUT2D eigenvalue weighted by atomic mass is 9.88. The zero-order valence-electron chi connectivity index (χ0n) is 13.2. The monoisotopic (exact) mass is 306 g/mol. The molecule has 2 aliphatic heterocycles. The summed E-state index contributed by atoms with van der Waals surface area (Å²) in [5.41, 5.74) is 0.173. The van der Waals surface area contributed by atoms with Crippen LogP contribution < -0.4 is 0 Å². The normalized spacial score (nSPS) is 28.7. The van der Waals surface area contributed by atoms with E-state index in [1.807, 2.05) is 4.90 Å². The molecule has 0 saturated carbocycles. The Hall–Kier alpha value is -1.46. The van der Waals surface area contributed by atoms with Gasteiger partial charge in [0.2, 0.25) is 0 Å². The van der Waals surface area contributed by atoms with Crippen LogP contribution in [0.4, 0.5) is 4.39 Å². The highest BCUT2D eigenvalue weighted by Gasteiger charge is 2.45. The summed E-state index contributed by atoms with van der Waals surface area (Å²) in [5, 5.41) is 0. The molecule has 2 heterocycles. The van der Waals surface area contributed by atoms with Crippen molar-refractivity contribution >= 4 is 5.91 Å². The first kappa shape index (κ1) is 15.4. The number of hydrogen-bond acceptors (Lipinski definition) is 3. The number of nitrogens with zero attached hydrogens (tertiary/aromatic N) is 2. The van der Waals surface area contributed by atoms with Gasteiger partial charge in [-0.3, -0.25) is 4.79 Å². The summed E-state index contributed by atoms with van der Waals surface area (Å²) in [6, 6.07) is 6.36. The summed E-state index contributed by atoms with van der Waals surface area (Å²) in [4.78, 5) is 17.0. The van der Waals surface area contributed by atoms with E-state index in [0.717, 1.165) is 26.1 Å². The van der Waals surface area contributed by atoms with Crippen molar-refractivity contribution in [2.75, 3.05) is 33.3 Å². The van der Waals surface area contributed by atoms with E-state index >= 15 is 0 Å². The number of carbonyl (C=O) groups excluding carboxylic acids is 1. The van der Waals surface area contributed by atoms with Crippen LogP contribution in [-0.2, 0) is 4.74 Å². The van der Waals surface area contributed by atoms with Crippen molar-refractivity contribution in [3.8, 4) is 0 Å². The fourth-order valence-corrected chi connectivity index (χ4v) is 3.83. The number of likely N-dealkylation sites (N-methyl/N-ethyl adjacent to an activating group) is 1. The molecule has 4 nitrogen and oxygen atoms in total. The number of piperidine rings is 1. The summed E-state index contributed by atoms with van der Waals surface area (Å²) in [6.07, 6.45) is 1.00. The Balaban J connectivity index is 1.85. The Morgan fingerprint density at radius 1 is 1.36 bits per heavy atom. The Labute approximate surface area is 130 Å². The van der Waals surface area contributed by atoms with Crippen LogP contribution in [0.2, 0.25) is 0 Å². The quantitative estimate of drug-likeness (QED) is 0.856. The van der Waals surface area contributed by atoms with Gasteiger partial charge in [0, 0.05) is 32.7 Å². The average molecular weight is 306 g/mol. The Kier molecular flexibility index (Phi) is 4.45. The van der Waals surface area contributed by atoms with E-state index in [2.05, 4.69) is 11.8 Å². The molecular formula is C17H23FN2O2. The van der Waals surface area contributed by atoms with Crippen molar-refractivity contribution in [3.05, 3.63) is 35.6 Å². The number of hydrogen-bond donors (Lipinski definition) is 0. The van der Waals surface area contributed by atoms with E-state index in [1.165, 1.54) is 6.07 Å². The molecule has 1 aromatic carbocycles. The maximum atomic E-state index is 13.9. The van der Waals surface area contributed by atoms with E-state index in [0.29, 0.717) is 12.5 Å². The molecule has 120 valence electrons. The van der Waals surface area contributed by atoms with Crippen molar-refractivity contribution in [1.82, 2.24) is 9.80 Å². The Morgan fingerprint density at radius 2 is 2.14 bits per heavy atom. The number of carbonyl (C=O) groups is 1. The van der Waals surface area contributed by atoms with E-state index in [9.17, 15) is 9.18 Å². The fraction of sp³-hybridized carbons (Fsp3) is 0.588. The predicted octanol–water partition coefficient (Wildman–Crippen LogP) is 2.01. The summed E-state index contributed by atoms with van der Waals surface area (Å²) in [7, 11) is 1.74. The molecule has 2 fully saturated rings.